The minimum atomic E-state index is -3.63. The van der Waals surface area contributed by atoms with Gasteiger partial charge in [0.15, 0.2) is 0 Å². The summed E-state index contributed by atoms with van der Waals surface area (Å²) in [5.74, 6) is 0. The van der Waals surface area contributed by atoms with Gasteiger partial charge in [-0.2, -0.15) is 8.42 Å². The molecule has 1 aliphatic heterocycles. The van der Waals surface area contributed by atoms with Gasteiger partial charge in [0, 0.05) is 0 Å². The Morgan fingerprint density at radius 1 is 1.42 bits per heavy atom. The first-order chi connectivity index (χ1) is 5.64. The molecule has 4 nitrogen and oxygen atoms in total. The van der Waals surface area contributed by atoms with E-state index < -0.39 is 10.4 Å². The van der Waals surface area contributed by atoms with Crippen LogP contribution in [0.15, 0.2) is 0 Å². The minimum Gasteiger partial charge on any atom is -0.245 e. The van der Waals surface area contributed by atoms with Gasteiger partial charge in [0.1, 0.15) is 6.10 Å². The average molecular weight is 194 g/mol. The third-order valence-corrected chi connectivity index (χ3v) is 2.71. The van der Waals surface area contributed by atoms with Crippen LogP contribution in [0.25, 0.3) is 0 Å². The van der Waals surface area contributed by atoms with Crippen LogP contribution in [0.4, 0.5) is 0 Å². The summed E-state index contributed by atoms with van der Waals surface area (Å²) in [5.41, 5.74) is 0. The van der Waals surface area contributed by atoms with E-state index in [2.05, 4.69) is 15.3 Å². The molecule has 0 N–H and O–H groups in total. The average Bonchev–Trinajstić information content (AvgIpc) is 2.31. The molecule has 0 aromatic heterocycles. The molecule has 0 bridgehead atoms. The third-order valence-electron chi connectivity index (χ3n) is 1.78. The van der Waals surface area contributed by atoms with Gasteiger partial charge < -0.3 is 0 Å². The summed E-state index contributed by atoms with van der Waals surface area (Å²) in [6.07, 6.45) is 3.76. The van der Waals surface area contributed by atoms with E-state index in [0.717, 1.165) is 25.7 Å². The molecule has 0 radical (unpaired) electrons. The van der Waals surface area contributed by atoms with Crippen LogP contribution in [0.5, 0.6) is 0 Å². The Bertz CT molecular complexity index is 222. The molecule has 1 saturated heterocycles. The van der Waals surface area contributed by atoms with Crippen molar-refractivity contribution in [2.45, 2.75) is 38.7 Å². The van der Waals surface area contributed by atoms with Gasteiger partial charge in [-0.15, -0.1) is 0 Å². The van der Waals surface area contributed by atoms with Gasteiger partial charge in [0.25, 0.3) is 0 Å². The molecule has 0 aromatic carbocycles. The summed E-state index contributed by atoms with van der Waals surface area (Å²) in [5, 5.41) is 0. The van der Waals surface area contributed by atoms with Crippen molar-refractivity contribution in [1.29, 1.82) is 0 Å². The normalized spacial score (nSPS) is 27.6. The zero-order valence-corrected chi connectivity index (χ0v) is 7.97. The van der Waals surface area contributed by atoms with E-state index in [1.54, 1.807) is 0 Å². The number of hydrogen-bond donors (Lipinski definition) is 0. The Balaban J connectivity index is 2.20. The fraction of sp³-hybridized carbons (Fsp3) is 1.00. The summed E-state index contributed by atoms with van der Waals surface area (Å²) in [7, 11) is -3.63. The van der Waals surface area contributed by atoms with Crippen molar-refractivity contribution in [3.8, 4) is 0 Å². The molecular weight excluding hydrogens is 180 g/mol. The molecular formula is C7H14O4S. The Kier molecular flexibility index (Phi) is 3.49. The van der Waals surface area contributed by atoms with E-state index >= 15 is 0 Å². The molecule has 72 valence electrons. The molecule has 12 heavy (non-hydrogen) atoms. The second-order valence-corrected chi connectivity index (χ2v) is 4.15. The third kappa shape index (κ3) is 3.08. The Hall–Kier alpha value is -0.130. The zero-order valence-electron chi connectivity index (χ0n) is 7.15. The molecule has 1 aliphatic rings. The maximum atomic E-state index is 10.6. The van der Waals surface area contributed by atoms with Crippen LogP contribution in [0.3, 0.4) is 0 Å². The minimum absolute atomic E-state index is 0.187. The van der Waals surface area contributed by atoms with E-state index in [1.165, 1.54) is 0 Å². The molecule has 0 spiro atoms. The lowest BCUT2D eigenvalue weighted by atomic mass is 10.1. The van der Waals surface area contributed by atoms with Crippen LogP contribution in [0, 0.1) is 0 Å². The predicted octanol–water partition coefficient (Wildman–Crippen LogP) is 1.23. The molecule has 1 atom stereocenters. The van der Waals surface area contributed by atoms with Crippen molar-refractivity contribution in [2.75, 3.05) is 6.61 Å². The molecule has 0 aliphatic carbocycles. The number of unbranched alkanes of at least 4 members (excludes halogenated alkanes) is 2. The van der Waals surface area contributed by atoms with Gasteiger partial charge in [-0.3, -0.25) is 0 Å². The summed E-state index contributed by atoms with van der Waals surface area (Å²) in [6.45, 7) is 2.29. The Labute approximate surface area is 73.2 Å². The van der Waals surface area contributed by atoms with E-state index in [4.69, 9.17) is 0 Å². The van der Waals surface area contributed by atoms with Crippen molar-refractivity contribution in [2.24, 2.45) is 0 Å². The van der Waals surface area contributed by atoms with E-state index in [9.17, 15) is 8.42 Å². The summed E-state index contributed by atoms with van der Waals surface area (Å²) < 4.78 is 30.3. The highest BCUT2D eigenvalue weighted by atomic mass is 32.3. The zero-order chi connectivity index (χ0) is 9.03. The smallest absolute Gasteiger partial charge is 0.245 e. The fourth-order valence-electron chi connectivity index (χ4n) is 1.13. The Morgan fingerprint density at radius 2 is 2.17 bits per heavy atom. The highest BCUT2D eigenvalue weighted by Crippen LogP contribution is 2.17. The standard InChI is InChI=1S/C7H14O4S/c1-2-3-4-5-7-6-10-12(8,9)11-7/h7H,2-6H2,1H3. The first kappa shape index (κ1) is 9.95. The van der Waals surface area contributed by atoms with E-state index in [0.29, 0.717) is 0 Å². The predicted molar refractivity (Wildman–Crippen MR) is 43.9 cm³/mol. The maximum Gasteiger partial charge on any atom is 0.400 e. The van der Waals surface area contributed by atoms with Crippen molar-refractivity contribution < 1.29 is 16.8 Å². The molecule has 0 amide bonds. The molecule has 0 aromatic rings. The van der Waals surface area contributed by atoms with Crippen molar-refractivity contribution in [1.82, 2.24) is 0 Å². The van der Waals surface area contributed by atoms with Gasteiger partial charge in [-0.1, -0.05) is 26.2 Å². The largest absolute Gasteiger partial charge is 0.400 e. The van der Waals surface area contributed by atoms with Crippen LogP contribution < -0.4 is 0 Å². The lowest BCUT2D eigenvalue weighted by Crippen LogP contribution is -2.09. The van der Waals surface area contributed by atoms with Crippen molar-refractivity contribution in [3.63, 3.8) is 0 Å². The molecule has 0 saturated carbocycles. The van der Waals surface area contributed by atoms with Crippen LogP contribution in [0.1, 0.15) is 32.6 Å². The topological polar surface area (TPSA) is 52.6 Å². The molecule has 1 unspecified atom stereocenters. The number of hydrogen-bond acceptors (Lipinski definition) is 4. The SMILES string of the molecule is CCCCCC1COS(=O)(=O)O1. The van der Waals surface area contributed by atoms with Gasteiger partial charge in [-0.25, -0.2) is 8.37 Å². The van der Waals surface area contributed by atoms with Gasteiger partial charge in [0.05, 0.1) is 6.61 Å². The van der Waals surface area contributed by atoms with Crippen LogP contribution in [-0.4, -0.2) is 21.1 Å². The first-order valence-corrected chi connectivity index (χ1v) is 5.55. The lowest BCUT2D eigenvalue weighted by Gasteiger charge is -2.02. The fourth-order valence-corrected chi connectivity index (χ4v) is 1.99. The quantitative estimate of drug-likeness (QED) is 0.631. The van der Waals surface area contributed by atoms with Crippen LogP contribution >= 0.6 is 0 Å². The van der Waals surface area contributed by atoms with Gasteiger partial charge in [-0.05, 0) is 6.42 Å². The van der Waals surface area contributed by atoms with E-state index in [1.807, 2.05) is 0 Å². The van der Waals surface area contributed by atoms with E-state index in [-0.39, 0.29) is 12.7 Å². The van der Waals surface area contributed by atoms with Gasteiger partial charge >= 0.3 is 10.4 Å². The van der Waals surface area contributed by atoms with Crippen molar-refractivity contribution in [3.05, 3.63) is 0 Å². The molecule has 1 fully saturated rings. The lowest BCUT2D eigenvalue weighted by molar-refractivity contribution is 0.219. The number of rotatable bonds is 4. The monoisotopic (exact) mass is 194 g/mol. The first-order valence-electron chi connectivity index (χ1n) is 4.21. The van der Waals surface area contributed by atoms with Crippen LogP contribution in [-0.2, 0) is 18.8 Å². The summed E-state index contributed by atoms with van der Waals surface area (Å²) in [4.78, 5) is 0. The maximum absolute atomic E-state index is 10.6. The summed E-state index contributed by atoms with van der Waals surface area (Å²) >= 11 is 0. The molecule has 5 heteroatoms. The highest BCUT2D eigenvalue weighted by molar-refractivity contribution is 7.82. The highest BCUT2D eigenvalue weighted by Gasteiger charge is 2.29. The van der Waals surface area contributed by atoms with Crippen LogP contribution in [0.2, 0.25) is 0 Å². The van der Waals surface area contributed by atoms with Gasteiger partial charge in [0.2, 0.25) is 0 Å². The molecule has 1 rings (SSSR count). The second kappa shape index (κ2) is 4.20. The molecule has 1 heterocycles. The summed E-state index contributed by atoms with van der Waals surface area (Å²) in [6, 6.07) is 0. The Morgan fingerprint density at radius 3 is 2.67 bits per heavy atom. The second-order valence-electron chi connectivity index (χ2n) is 2.91. The van der Waals surface area contributed by atoms with Crippen molar-refractivity contribution >= 4 is 10.4 Å².